The number of aliphatic carboxylic acids is 1. The molecular formula is C24H40O3. The number of hydrogen-bond donors (Lipinski definition) is 2. The van der Waals surface area contributed by atoms with Crippen molar-refractivity contribution in [3.05, 3.63) is 28.8 Å². The van der Waals surface area contributed by atoms with Gasteiger partial charge in [-0.05, 0) is 41.4 Å². The Morgan fingerprint density at radius 1 is 1.00 bits per heavy atom. The average molecular weight is 377 g/mol. The van der Waals surface area contributed by atoms with Crippen LogP contribution in [0, 0.1) is 6.92 Å². The molecule has 1 atom stereocenters. The van der Waals surface area contributed by atoms with Crippen molar-refractivity contribution in [2.24, 2.45) is 0 Å². The zero-order chi connectivity index (χ0) is 20.4. The van der Waals surface area contributed by atoms with E-state index in [2.05, 4.69) is 27.7 Å². The predicted molar refractivity (Wildman–Crippen MR) is 114 cm³/mol. The zero-order valence-corrected chi connectivity index (χ0v) is 18.1. The summed E-state index contributed by atoms with van der Waals surface area (Å²) in [5.41, 5.74) is 2.63. The maximum atomic E-state index is 11.4. The van der Waals surface area contributed by atoms with Gasteiger partial charge in [0.2, 0.25) is 0 Å². The SMILES string of the molecule is CCCCCCCCCCC(CC(=O)O)c1cc(C)c(O)c(C(C)(C)C)c1. The molecule has 0 heterocycles. The maximum Gasteiger partial charge on any atom is 0.303 e. The van der Waals surface area contributed by atoms with Crippen LogP contribution in [0.2, 0.25) is 0 Å². The van der Waals surface area contributed by atoms with E-state index >= 15 is 0 Å². The standard InChI is InChI=1S/C24H40O3/c1-6-7-8-9-10-11-12-13-14-19(17-22(25)26)20-15-18(2)23(27)21(16-20)24(3,4)5/h15-16,19,27H,6-14,17H2,1-5H3,(H,25,26). The van der Waals surface area contributed by atoms with E-state index in [0.717, 1.165) is 29.5 Å². The molecule has 0 spiro atoms. The quantitative estimate of drug-likeness (QED) is 0.383. The number of phenols is 1. The van der Waals surface area contributed by atoms with E-state index in [1.165, 1.54) is 44.9 Å². The van der Waals surface area contributed by atoms with Crippen LogP contribution in [0.15, 0.2) is 12.1 Å². The summed E-state index contributed by atoms with van der Waals surface area (Å²) in [5.74, 6) is -0.391. The summed E-state index contributed by atoms with van der Waals surface area (Å²) in [7, 11) is 0. The fourth-order valence-electron chi connectivity index (χ4n) is 3.74. The molecule has 1 aromatic rings. The third kappa shape index (κ3) is 8.36. The second-order valence-corrected chi connectivity index (χ2v) is 9.04. The number of unbranched alkanes of at least 4 members (excludes halogenated alkanes) is 7. The molecule has 3 heteroatoms. The zero-order valence-electron chi connectivity index (χ0n) is 18.1. The van der Waals surface area contributed by atoms with E-state index in [0.29, 0.717) is 5.75 Å². The van der Waals surface area contributed by atoms with Gasteiger partial charge in [-0.2, -0.15) is 0 Å². The number of aromatic hydroxyl groups is 1. The monoisotopic (exact) mass is 376 g/mol. The Hall–Kier alpha value is -1.51. The predicted octanol–water partition coefficient (Wildman–Crippen LogP) is 7.09. The number of rotatable bonds is 12. The van der Waals surface area contributed by atoms with Crippen molar-refractivity contribution in [1.29, 1.82) is 0 Å². The van der Waals surface area contributed by atoms with E-state index in [9.17, 15) is 15.0 Å². The number of carboxylic acids is 1. The van der Waals surface area contributed by atoms with Crippen molar-refractivity contribution >= 4 is 5.97 Å². The molecule has 0 fully saturated rings. The first kappa shape index (κ1) is 23.5. The number of aryl methyl sites for hydroxylation is 1. The minimum atomic E-state index is -0.748. The minimum Gasteiger partial charge on any atom is -0.507 e. The number of benzene rings is 1. The van der Waals surface area contributed by atoms with Crippen LogP contribution in [0.3, 0.4) is 0 Å². The lowest BCUT2D eigenvalue weighted by atomic mass is 9.81. The van der Waals surface area contributed by atoms with E-state index in [1.54, 1.807) is 0 Å². The van der Waals surface area contributed by atoms with Crippen molar-refractivity contribution < 1.29 is 15.0 Å². The fourth-order valence-corrected chi connectivity index (χ4v) is 3.74. The normalized spacial score (nSPS) is 12.9. The van der Waals surface area contributed by atoms with Crippen LogP contribution in [0.4, 0.5) is 0 Å². The molecule has 2 N–H and O–H groups in total. The van der Waals surface area contributed by atoms with Crippen molar-refractivity contribution in [2.75, 3.05) is 0 Å². The van der Waals surface area contributed by atoms with E-state index in [4.69, 9.17) is 0 Å². The van der Waals surface area contributed by atoms with Gasteiger partial charge < -0.3 is 10.2 Å². The van der Waals surface area contributed by atoms with Crippen molar-refractivity contribution in [1.82, 2.24) is 0 Å². The molecule has 1 rings (SSSR count). The van der Waals surface area contributed by atoms with Gasteiger partial charge in [-0.15, -0.1) is 0 Å². The smallest absolute Gasteiger partial charge is 0.303 e. The molecule has 3 nitrogen and oxygen atoms in total. The van der Waals surface area contributed by atoms with Gasteiger partial charge in [-0.25, -0.2) is 0 Å². The highest BCUT2D eigenvalue weighted by Gasteiger charge is 2.23. The average Bonchev–Trinajstić information content (AvgIpc) is 2.57. The number of phenolic OH excluding ortho intramolecular Hbond substituents is 1. The molecule has 0 aliphatic carbocycles. The van der Waals surface area contributed by atoms with E-state index < -0.39 is 5.97 Å². The van der Waals surface area contributed by atoms with Gasteiger partial charge in [-0.3, -0.25) is 4.79 Å². The highest BCUT2D eigenvalue weighted by Crippen LogP contribution is 2.37. The number of carbonyl (C=O) groups is 1. The molecule has 0 aliphatic heterocycles. The number of hydrogen-bond acceptors (Lipinski definition) is 2. The molecule has 154 valence electrons. The van der Waals surface area contributed by atoms with Crippen LogP contribution in [0.25, 0.3) is 0 Å². The summed E-state index contributed by atoms with van der Waals surface area (Å²) in [6, 6.07) is 4.00. The lowest BCUT2D eigenvalue weighted by Gasteiger charge is -2.25. The van der Waals surface area contributed by atoms with Gasteiger partial charge in [0.05, 0.1) is 6.42 Å². The summed E-state index contributed by atoms with van der Waals surface area (Å²) in [6.07, 6.45) is 11.1. The van der Waals surface area contributed by atoms with Gasteiger partial charge in [-0.1, -0.05) is 91.2 Å². The molecule has 0 bridgehead atoms. The summed E-state index contributed by atoms with van der Waals surface area (Å²) in [4.78, 5) is 11.4. The summed E-state index contributed by atoms with van der Waals surface area (Å²) in [5, 5.41) is 19.8. The third-order valence-corrected chi connectivity index (χ3v) is 5.43. The molecule has 0 aliphatic rings. The molecular weight excluding hydrogens is 336 g/mol. The van der Waals surface area contributed by atoms with Crippen LogP contribution in [0.1, 0.15) is 115 Å². The van der Waals surface area contributed by atoms with Crippen LogP contribution in [-0.4, -0.2) is 16.2 Å². The third-order valence-electron chi connectivity index (χ3n) is 5.43. The highest BCUT2D eigenvalue weighted by molar-refractivity contribution is 5.68. The van der Waals surface area contributed by atoms with E-state index in [1.807, 2.05) is 19.1 Å². The van der Waals surface area contributed by atoms with Gasteiger partial charge in [0.15, 0.2) is 0 Å². The van der Waals surface area contributed by atoms with Crippen molar-refractivity contribution in [3.8, 4) is 5.75 Å². The Labute approximate surface area is 166 Å². The second kappa shape index (κ2) is 11.4. The molecule has 1 aromatic carbocycles. The Bertz CT molecular complexity index is 584. The van der Waals surface area contributed by atoms with E-state index in [-0.39, 0.29) is 17.8 Å². The van der Waals surface area contributed by atoms with Gasteiger partial charge in [0.25, 0.3) is 0 Å². The van der Waals surface area contributed by atoms with Crippen LogP contribution in [-0.2, 0) is 10.2 Å². The van der Waals surface area contributed by atoms with Gasteiger partial charge in [0, 0.05) is 0 Å². The maximum absolute atomic E-state index is 11.4. The first-order valence-electron chi connectivity index (χ1n) is 10.7. The molecule has 0 saturated heterocycles. The lowest BCUT2D eigenvalue weighted by Crippen LogP contribution is -2.14. The van der Waals surface area contributed by atoms with Gasteiger partial charge >= 0.3 is 5.97 Å². The highest BCUT2D eigenvalue weighted by atomic mass is 16.4. The Kier molecular flexibility index (Phi) is 9.90. The molecule has 1 unspecified atom stereocenters. The molecule has 0 saturated carbocycles. The molecule has 27 heavy (non-hydrogen) atoms. The molecule has 0 amide bonds. The minimum absolute atomic E-state index is 0.0167. The topological polar surface area (TPSA) is 57.5 Å². The first-order valence-corrected chi connectivity index (χ1v) is 10.7. The largest absolute Gasteiger partial charge is 0.507 e. The summed E-state index contributed by atoms with van der Waals surface area (Å²) < 4.78 is 0. The van der Waals surface area contributed by atoms with Gasteiger partial charge in [0.1, 0.15) is 5.75 Å². The van der Waals surface area contributed by atoms with Crippen molar-refractivity contribution in [3.63, 3.8) is 0 Å². The summed E-state index contributed by atoms with van der Waals surface area (Å²) >= 11 is 0. The Morgan fingerprint density at radius 2 is 1.56 bits per heavy atom. The summed E-state index contributed by atoms with van der Waals surface area (Å²) in [6.45, 7) is 10.4. The number of carboxylic acid groups (broad SMARTS) is 1. The fraction of sp³-hybridized carbons (Fsp3) is 0.708. The van der Waals surface area contributed by atoms with Crippen molar-refractivity contribution in [2.45, 2.75) is 110 Å². The van der Waals surface area contributed by atoms with Crippen LogP contribution in [0.5, 0.6) is 5.75 Å². The Morgan fingerprint density at radius 3 is 2.07 bits per heavy atom. The molecule has 0 aromatic heterocycles. The second-order valence-electron chi connectivity index (χ2n) is 9.04. The van der Waals surface area contributed by atoms with Crippen LogP contribution >= 0.6 is 0 Å². The first-order chi connectivity index (χ1) is 12.7. The van der Waals surface area contributed by atoms with Crippen LogP contribution < -0.4 is 0 Å². The lowest BCUT2D eigenvalue weighted by molar-refractivity contribution is -0.137. The Balaban J connectivity index is 2.74. The molecule has 0 radical (unpaired) electrons.